The number of rotatable bonds is 7. The fraction of sp³-hybridized carbons (Fsp3) is 0.500. The molecule has 0 saturated carbocycles. The van der Waals surface area contributed by atoms with Gasteiger partial charge >= 0.3 is 0 Å². The highest BCUT2D eigenvalue weighted by Crippen LogP contribution is 2.25. The molecule has 2 N–H and O–H groups in total. The lowest BCUT2D eigenvalue weighted by Crippen LogP contribution is -2.44. The van der Waals surface area contributed by atoms with E-state index in [0.717, 1.165) is 5.56 Å². The zero-order valence-corrected chi connectivity index (χ0v) is 15.7. The first-order valence-corrected chi connectivity index (χ1v) is 8.67. The molecule has 2 rings (SSSR count). The van der Waals surface area contributed by atoms with Gasteiger partial charge in [-0.1, -0.05) is 45.9 Å². The largest absolute Gasteiger partial charge is 0.441 e. The third-order valence-electron chi connectivity index (χ3n) is 4.41. The molecule has 0 saturated heterocycles. The molecule has 0 spiro atoms. The van der Waals surface area contributed by atoms with Gasteiger partial charge in [-0.15, -0.1) is 0 Å². The Morgan fingerprint density at radius 2 is 1.92 bits per heavy atom. The van der Waals surface area contributed by atoms with Crippen LogP contribution in [-0.2, 0) is 11.2 Å². The van der Waals surface area contributed by atoms with Gasteiger partial charge < -0.3 is 14.8 Å². The molecule has 1 atom stereocenters. The van der Waals surface area contributed by atoms with Gasteiger partial charge in [0, 0.05) is 17.5 Å². The van der Waals surface area contributed by atoms with Gasteiger partial charge in [0.05, 0.1) is 18.2 Å². The number of aryl methyl sites for hydroxylation is 1. The van der Waals surface area contributed by atoms with E-state index in [-0.39, 0.29) is 18.2 Å². The summed E-state index contributed by atoms with van der Waals surface area (Å²) < 4.78 is 5.69. The van der Waals surface area contributed by atoms with Gasteiger partial charge in [0.15, 0.2) is 0 Å². The van der Waals surface area contributed by atoms with E-state index < -0.39 is 11.5 Å². The highest BCUT2D eigenvalue weighted by molar-refractivity contribution is 5.78. The number of amides is 1. The van der Waals surface area contributed by atoms with E-state index >= 15 is 0 Å². The van der Waals surface area contributed by atoms with Crippen molar-refractivity contribution in [1.29, 1.82) is 0 Å². The van der Waals surface area contributed by atoms with Crippen LogP contribution in [0.4, 0.5) is 0 Å². The van der Waals surface area contributed by atoms with Crippen LogP contribution in [0, 0.1) is 18.3 Å². The summed E-state index contributed by atoms with van der Waals surface area (Å²) in [5, 5.41) is 13.2. The van der Waals surface area contributed by atoms with Gasteiger partial charge in [-0.25, -0.2) is 4.98 Å². The summed E-state index contributed by atoms with van der Waals surface area (Å²) in [5.41, 5.74) is 1.13. The minimum Gasteiger partial charge on any atom is -0.441 e. The Kier molecular flexibility index (Phi) is 6.01. The minimum atomic E-state index is -0.480. The van der Waals surface area contributed by atoms with Gasteiger partial charge in [-0.2, -0.15) is 0 Å². The van der Waals surface area contributed by atoms with Crippen LogP contribution in [0.3, 0.4) is 0 Å². The number of hydrogen-bond donors (Lipinski definition) is 2. The predicted molar refractivity (Wildman–Crippen MR) is 98.0 cm³/mol. The first-order chi connectivity index (χ1) is 11.7. The van der Waals surface area contributed by atoms with Gasteiger partial charge in [-0.05, 0) is 25.0 Å². The molecule has 0 aliphatic carbocycles. The average molecular weight is 344 g/mol. The van der Waals surface area contributed by atoms with E-state index in [0.29, 0.717) is 23.9 Å². The number of aliphatic hydroxyl groups is 1. The number of nitrogens with zero attached hydrogens (tertiary/aromatic N) is 1. The van der Waals surface area contributed by atoms with Gasteiger partial charge in [0.2, 0.25) is 11.8 Å². The molecule has 0 fully saturated rings. The lowest BCUT2D eigenvalue weighted by atomic mass is 9.80. The van der Waals surface area contributed by atoms with Crippen LogP contribution < -0.4 is 5.32 Å². The molecule has 2 aromatic rings. The van der Waals surface area contributed by atoms with E-state index in [4.69, 9.17) is 4.42 Å². The summed E-state index contributed by atoms with van der Waals surface area (Å²) >= 11 is 0. The van der Waals surface area contributed by atoms with Crippen molar-refractivity contribution in [3.05, 3.63) is 41.8 Å². The number of benzene rings is 1. The maximum absolute atomic E-state index is 12.3. The van der Waals surface area contributed by atoms with Crippen molar-refractivity contribution in [3.63, 3.8) is 0 Å². The second kappa shape index (κ2) is 7.83. The van der Waals surface area contributed by atoms with Gasteiger partial charge in [-0.3, -0.25) is 4.79 Å². The van der Waals surface area contributed by atoms with Gasteiger partial charge in [0.25, 0.3) is 0 Å². The predicted octanol–water partition coefficient (Wildman–Crippen LogP) is 3.35. The molecule has 1 aromatic heterocycles. The number of carbonyl (C=O) groups is 1. The number of hydrogen-bond acceptors (Lipinski definition) is 4. The molecule has 1 amide bonds. The van der Waals surface area contributed by atoms with Crippen LogP contribution in [0.25, 0.3) is 11.5 Å². The molecule has 1 heterocycles. The van der Waals surface area contributed by atoms with Crippen LogP contribution >= 0.6 is 0 Å². The summed E-state index contributed by atoms with van der Waals surface area (Å²) in [4.78, 5) is 16.7. The second-order valence-electron chi connectivity index (χ2n) is 7.52. The standard InChI is InChI=1S/C20H28N2O3/c1-13(2)18(24)20(4,5)12-21-17(23)11-16-14(3)25-19(22-16)15-9-7-6-8-10-15/h6-10,13,18,24H,11-12H2,1-5H3,(H,21,23). The Bertz CT molecular complexity index is 705. The van der Waals surface area contributed by atoms with E-state index in [1.54, 1.807) is 0 Å². The van der Waals surface area contributed by atoms with Gasteiger partial charge in [0.1, 0.15) is 5.76 Å². The number of carbonyl (C=O) groups excluding carboxylic acids is 1. The Hall–Kier alpha value is -2.14. The molecule has 136 valence electrons. The zero-order valence-electron chi connectivity index (χ0n) is 15.7. The van der Waals surface area contributed by atoms with Crippen LogP contribution in [0.15, 0.2) is 34.7 Å². The van der Waals surface area contributed by atoms with Crippen LogP contribution in [-0.4, -0.2) is 28.6 Å². The van der Waals surface area contributed by atoms with Crippen molar-refractivity contribution in [2.45, 2.75) is 47.1 Å². The molecule has 0 bridgehead atoms. The Balaban J connectivity index is 1.98. The maximum atomic E-state index is 12.3. The monoisotopic (exact) mass is 344 g/mol. The van der Waals surface area contributed by atoms with Crippen molar-refractivity contribution in [1.82, 2.24) is 10.3 Å². The SMILES string of the molecule is Cc1oc(-c2ccccc2)nc1CC(=O)NCC(C)(C)C(O)C(C)C. The Morgan fingerprint density at radius 1 is 1.28 bits per heavy atom. The van der Waals surface area contributed by atoms with E-state index in [1.165, 1.54) is 0 Å². The summed E-state index contributed by atoms with van der Waals surface area (Å²) in [7, 11) is 0. The molecular formula is C20H28N2O3. The molecule has 0 aliphatic rings. The first kappa shape index (κ1) is 19.2. The van der Waals surface area contributed by atoms with E-state index in [2.05, 4.69) is 10.3 Å². The Labute approximate surface area is 149 Å². The van der Waals surface area contributed by atoms with E-state index in [9.17, 15) is 9.90 Å². The maximum Gasteiger partial charge on any atom is 0.226 e. The summed E-state index contributed by atoms with van der Waals surface area (Å²) in [6, 6.07) is 9.61. The van der Waals surface area contributed by atoms with Crippen LogP contribution in [0.1, 0.15) is 39.1 Å². The van der Waals surface area contributed by atoms with Crippen molar-refractivity contribution < 1.29 is 14.3 Å². The minimum absolute atomic E-state index is 0.125. The van der Waals surface area contributed by atoms with Crippen LogP contribution in [0.2, 0.25) is 0 Å². The highest BCUT2D eigenvalue weighted by Gasteiger charge is 2.30. The van der Waals surface area contributed by atoms with Crippen LogP contribution in [0.5, 0.6) is 0 Å². The number of oxazole rings is 1. The quantitative estimate of drug-likeness (QED) is 0.808. The molecule has 25 heavy (non-hydrogen) atoms. The molecular weight excluding hydrogens is 316 g/mol. The zero-order chi connectivity index (χ0) is 18.6. The fourth-order valence-corrected chi connectivity index (χ4v) is 2.84. The fourth-order valence-electron chi connectivity index (χ4n) is 2.84. The molecule has 5 heteroatoms. The molecule has 1 aromatic carbocycles. The number of aromatic nitrogens is 1. The highest BCUT2D eigenvalue weighted by atomic mass is 16.4. The van der Waals surface area contributed by atoms with Crippen molar-refractivity contribution in [2.75, 3.05) is 6.54 Å². The van der Waals surface area contributed by atoms with Crippen molar-refractivity contribution in [2.24, 2.45) is 11.3 Å². The molecule has 0 aliphatic heterocycles. The number of aliphatic hydroxyl groups excluding tert-OH is 1. The summed E-state index contributed by atoms with van der Waals surface area (Å²) in [6.45, 7) is 10.1. The molecule has 5 nitrogen and oxygen atoms in total. The lowest BCUT2D eigenvalue weighted by Gasteiger charge is -2.33. The third kappa shape index (κ3) is 4.92. The molecule has 1 unspecified atom stereocenters. The second-order valence-corrected chi connectivity index (χ2v) is 7.52. The molecule has 0 radical (unpaired) electrons. The summed E-state index contributed by atoms with van der Waals surface area (Å²) in [5.74, 6) is 1.19. The normalized spacial score (nSPS) is 13.1. The first-order valence-electron chi connectivity index (χ1n) is 8.67. The Morgan fingerprint density at radius 3 is 2.52 bits per heavy atom. The summed E-state index contributed by atoms with van der Waals surface area (Å²) in [6.07, 6.45) is -0.318. The van der Waals surface area contributed by atoms with Crippen molar-refractivity contribution >= 4 is 5.91 Å². The smallest absolute Gasteiger partial charge is 0.226 e. The average Bonchev–Trinajstić information content (AvgIpc) is 2.94. The van der Waals surface area contributed by atoms with E-state index in [1.807, 2.05) is 65.0 Å². The lowest BCUT2D eigenvalue weighted by molar-refractivity contribution is -0.121. The third-order valence-corrected chi connectivity index (χ3v) is 4.41. The van der Waals surface area contributed by atoms with Crippen molar-refractivity contribution in [3.8, 4) is 11.5 Å². The topological polar surface area (TPSA) is 75.4 Å². The number of nitrogens with one attached hydrogen (secondary N) is 1.